The predicted molar refractivity (Wildman–Crippen MR) is 115 cm³/mol. The molecule has 0 aromatic carbocycles. The van der Waals surface area contributed by atoms with Gasteiger partial charge >= 0.3 is 28.6 Å². The second-order valence-corrected chi connectivity index (χ2v) is 10.3. The number of carbonyl (C=O) groups excluding carboxylic acids is 4. The summed E-state index contributed by atoms with van der Waals surface area (Å²) in [6.07, 6.45) is -1.74. The van der Waals surface area contributed by atoms with Crippen molar-refractivity contribution in [2.45, 2.75) is 57.9 Å². The lowest BCUT2D eigenvalue weighted by Gasteiger charge is -2.28. The van der Waals surface area contributed by atoms with Crippen molar-refractivity contribution in [3.8, 4) is 0 Å². The van der Waals surface area contributed by atoms with Crippen LogP contribution in [0.1, 0.15) is 33.6 Å². The molecule has 3 aliphatic heterocycles. The lowest BCUT2D eigenvalue weighted by Crippen LogP contribution is -2.50. The number of fused-ring (bicyclic) bond motifs is 2. The lowest BCUT2D eigenvalue weighted by molar-refractivity contribution is -0.158. The quantitative estimate of drug-likeness (QED) is 0.173. The van der Waals surface area contributed by atoms with E-state index in [-0.39, 0.29) is 32.7 Å². The summed E-state index contributed by atoms with van der Waals surface area (Å²) in [6, 6.07) is -2.32. The van der Waals surface area contributed by atoms with Gasteiger partial charge in [-0.05, 0) is 33.6 Å². The molecular weight excluding hydrogens is 508 g/mol. The fraction of sp³-hybridized carbons (Fsp3) is 0.789. The number of hydrogen-bond acceptors (Lipinski definition) is 13. The van der Waals surface area contributed by atoms with Gasteiger partial charge < -0.3 is 24.8 Å². The van der Waals surface area contributed by atoms with Crippen LogP contribution < -0.4 is 11.2 Å². The van der Waals surface area contributed by atoms with Crippen molar-refractivity contribution in [2.75, 3.05) is 32.9 Å². The van der Waals surface area contributed by atoms with Crippen LogP contribution in [0.3, 0.4) is 0 Å². The summed E-state index contributed by atoms with van der Waals surface area (Å²) >= 11 is 0. The van der Waals surface area contributed by atoms with Gasteiger partial charge in [0.1, 0.15) is 18.8 Å². The van der Waals surface area contributed by atoms with Crippen LogP contribution in [0.15, 0.2) is 0 Å². The second kappa shape index (κ2) is 11.1. The minimum absolute atomic E-state index is 0.0645. The monoisotopic (exact) mass is 538 g/mol. The third kappa shape index (κ3) is 6.52. The number of cyclic esters (lactones) is 2. The normalized spacial score (nSPS) is 26.0. The van der Waals surface area contributed by atoms with E-state index in [9.17, 15) is 27.6 Å². The summed E-state index contributed by atoms with van der Waals surface area (Å²) in [5, 5.41) is 0.643. The standard InChI is InChI=1S/C19H30N4O12S/c1-11-14(34-18(27)33-11)9-30-16(25)19(2,3)10-32-36(28,29)35-23-12-4-5-13(22(8-12)17(23)26)15(24)21-31-7-6-20/h11-14H,4-10,20H2,1-3H3,(H,21,24). The smallest absolute Gasteiger partial charge is 0.461 e. The molecule has 0 aliphatic carbocycles. The summed E-state index contributed by atoms with van der Waals surface area (Å²) in [4.78, 5) is 54.6. The average Bonchev–Trinajstić information content (AvgIpc) is 3.26. The number of amides is 3. The van der Waals surface area contributed by atoms with E-state index in [1.54, 1.807) is 6.92 Å². The fourth-order valence-corrected chi connectivity index (χ4v) is 4.51. The number of rotatable bonds is 12. The Morgan fingerprint density at radius 3 is 2.58 bits per heavy atom. The number of carbonyl (C=O) groups is 4. The summed E-state index contributed by atoms with van der Waals surface area (Å²) in [5.74, 6) is -1.39. The van der Waals surface area contributed by atoms with Crippen LogP contribution >= 0.6 is 0 Å². The van der Waals surface area contributed by atoms with Crippen LogP contribution in [0.5, 0.6) is 0 Å². The number of nitrogens with zero attached hydrogens (tertiary/aromatic N) is 2. The first-order chi connectivity index (χ1) is 16.8. The molecule has 4 atom stereocenters. The van der Waals surface area contributed by atoms with Gasteiger partial charge in [0, 0.05) is 13.1 Å². The van der Waals surface area contributed by atoms with Gasteiger partial charge in [-0.3, -0.25) is 14.4 Å². The van der Waals surface area contributed by atoms with E-state index in [1.165, 1.54) is 18.7 Å². The summed E-state index contributed by atoms with van der Waals surface area (Å²) in [6.45, 7) is 3.71. The molecule has 0 aromatic rings. The molecule has 3 aliphatic rings. The molecule has 0 aromatic heterocycles. The zero-order chi connectivity index (χ0) is 26.7. The molecule has 36 heavy (non-hydrogen) atoms. The Morgan fingerprint density at radius 2 is 1.94 bits per heavy atom. The van der Waals surface area contributed by atoms with E-state index in [1.807, 2.05) is 0 Å². The maximum atomic E-state index is 12.7. The SMILES string of the molecule is CC1OC(=O)OC1COC(=O)C(C)(C)COS(=O)(=O)ON1C(=O)N2CC1CCC2C(=O)NOCCN. The number of piperidine rings is 1. The van der Waals surface area contributed by atoms with Crippen LogP contribution in [0.2, 0.25) is 0 Å². The fourth-order valence-electron chi connectivity index (χ4n) is 3.65. The number of ether oxygens (including phenoxy) is 3. The minimum Gasteiger partial charge on any atom is -0.461 e. The summed E-state index contributed by atoms with van der Waals surface area (Å²) < 4.78 is 49.3. The van der Waals surface area contributed by atoms with Crippen molar-refractivity contribution in [3.05, 3.63) is 0 Å². The third-order valence-electron chi connectivity index (χ3n) is 5.74. The molecule has 3 fully saturated rings. The molecule has 4 unspecified atom stereocenters. The van der Waals surface area contributed by atoms with Crippen molar-refractivity contribution in [2.24, 2.45) is 11.1 Å². The number of urea groups is 1. The molecule has 0 spiro atoms. The van der Waals surface area contributed by atoms with Crippen LogP contribution in [-0.4, -0.2) is 99.6 Å². The molecule has 3 N–H and O–H groups in total. The first-order valence-corrected chi connectivity index (χ1v) is 12.5. The van der Waals surface area contributed by atoms with Gasteiger partial charge in [0.05, 0.1) is 24.7 Å². The molecule has 2 bridgehead atoms. The lowest BCUT2D eigenvalue weighted by atomic mass is 9.95. The first kappa shape index (κ1) is 27.9. The highest BCUT2D eigenvalue weighted by molar-refractivity contribution is 7.81. The Morgan fingerprint density at radius 1 is 1.22 bits per heavy atom. The largest absolute Gasteiger partial charge is 0.509 e. The van der Waals surface area contributed by atoms with Gasteiger partial charge in [0.15, 0.2) is 6.10 Å². The number of nitrogens with two attached hydrogens (primary N) is 1. The van der Waals surface area contributed by atoms with Crippen molar-refractivity contribution < 1.29 is 55.1 Å². The van der Waals surface area contributed by atoms with E-state index in [2.05, 4.69) is 5.48 Å². The topological polar surface area (TPSA) is 202 Å². The molecule has 3 rings (SSSR count). The molecule has 204 valence electrons. The van der Waals surface area contributed by atoms with Crippen molar-refractivity contribution >= 4 is 34.5 Å². The molecule has 3 saturated heterocycles. The zero-order valence-corrected chi connectivity index (χ0v) is 20.9. The van der Waals surface area contributed by atoms with Crippen molar-refractivity contribution in [1.82, 2.24) is 15.4 Å². The molecule has 3 amide bonds. The Kier molecular flexibility index (Phi) is 8.60. The van der Waals surface area contributed by atoms with Gasteiger partial charge in [-0.15, -0.1) is 4.28 Å². The van der Waals surface area contributed by atoms with Gasteiger partial charge in [-0.1, -0.05) is 0 Å². The van der Waals surface area contributed by atoms with Gasteiger partial charge in [0.25, 0.3) is 5.91 Å². The van der Waals surface area contributed by atoms with Gasteiger partial charge in [-0.2, -0.15) is 13.5 Å². The number of esters is 1. The van der Waals surface area contributed by atoms with Crippen molar-refractivity contribution in [3.63, 3.8) is 0 Å². The second-order valence-electron chi connectivity index (χ2n) is 9.07. The molecule has 16 nitrogen and oxygen atoms in total. The Hall–Kier alpha value is -2.73. The van der Waals surface area contributed by atoms with Crippen LogP contribution in [0, 0.1) is 5.41 Å². The average molecular weight is 539 g/mol. The number of hydrogen-bond donors (Lipinski definition) is 2. The van der Waals surface area contributed by atoms with Crippen LogP contribution in [0.4, 0.5) is 9.59 Å². The van der Waals surface area contributed by atoms with Crippen LogP contribution in [-0.2, 0) is 47.5 Å². The zero-order valence-electron chi connectivity index (χ0n) is 20.0. The third-order valence-corrected chi connectivity index (χ3v) is 6.49. The van der Waals surface area contributed by atoms with E-state index in [0.29, 0.717) is 11.5 Å². The van der Waals surface area contributed by atoms with E-state index >= 15 is 0 Å². The maximum absolute atomic E-state index is 12.7. The maximum Gasteiger partial charge on any atom is 0.509 e. The van der Waals surface area contributed by atoms with E-state index in [0.717, 1.165) is 0 Å². The van der Waals surface area contributed by atoms with Gasteiger partial charge in [0.2, 0.25) is 0 Å². The predicted octanol–water partition coefficient (Wildman–Crippen LogP) is -1.05. The van der Waals surface area contributed by atoms with Crippen LogP contribution in [0.25, 0.3) is 0 Å². The first-order valence-electron chi connectivity index (χ1n) is 11.2. The van der Waals surface area contributed by atoms with Gasteiger partial charge in [-0.25, -0.2) is 19.3 Å². The minimum atomic E-state index is -4.76. The Bertz CT molecular complexity index is 973. The van der Waals surface area contributed by atoms with E-state index < -0.39 is 70.8 Å². The summed E-state index contributed by atoms with van der Waals surface area (Å²) in [5.41, 5.74) is 6.06. The molecular formula is C19H30N4O12S. The molecule has 3 heterocycles. The molecule has 0 saturated carbocycles. The summed E-state index contributed by atoms with van der Waals surface area (Å²) in [7, 11) is -4.76. The highest BCUT2D eigenvalue weighted by Crippen LogP contribution is 2.31. The Balaban J connectivity index is 1.51. The number of nitrogens with one attached hydrogen (secondary N) is 1. The van der Waals surface area contributed by atoms with Crippen molar-refractivity contribution in [1.29, 1.82) is 0 Å². The number of hydroxylamine groups is 3. The van der Waals surface area contributed by atoms with E-state index in [4.69, 9.17) is 33.2 Å². The molecule has 0 radical (unpaired) electrons. The highest BCUT2D eigenvalue weighted by atomic mass is 32.3. The molecule has 17 heteroatoms. The Labute approximate surface area is 207 Å². The highest BCUT2D eigenvalue weighted by Gasteiger charge is 2.50.